The van der Waals surface area contributed by atoms with Gasteiger partial charge in [-0.1, -0.05) is 146 Å². The van der Waals surface area contributed by atoms with Crippen molar-refractivity contribution in [1.82, 2.24) is 9.38 Å². The molecule has 0 aliphatic heterocycles. The van der Waals surface area contributed by atoms with E-state index >= 15 is 0 Å². The Morgan fingerprint density at radius 1 is 0.396 bits per heavy atom. The number of hydrogen-bond acceptors (Lipinski definition) is 2. The van der Waals surface area contributed by atoms with Crippen LogP contribution in [0.3, 0.4) is 0 Å². The Labute approximate surface area is 309 Å². The van der Waals surface area contributed by atoms with Crippen LogP contribution in [-0.4, -0.2) is 9.38 Å². The van der Waals surface area contributed by atoms with Crippen molar-refractivity contribution >= 4 is 22.7 Å². The number of aromatic nitrogens is 2. The van der Waals surface area contributed by atoms with Crippen molar-refractivity contribution in [3.05, 3.63) is 211 Å². The number of anilines is 3. The summed E-state index contributed by atoms with van der Waals surface area (Å²) in [5.74, 6) is 0. The third-order valence-electron chi connectivity index (χ3n) is 10.5. The molecule has 3 heteroatoms. The first kappa shape index (κ1) is 30.8. The number of rotatable bonds is 7. The summed E-state index contributed by atoms with van der Waals surface area (Å²) in [4.78, 5) is 7.40. The minimum atomic E-state index is 0.931. The van der Waals surface area contributed by atoms with Crippen LogP contribution in [0, 0.1) is 0 Å². The van der Waals surface area contributed by atoms with Crippen LogP contribution in [0.1, 0.15) is 11.1 Å². The van der Waals surface area contributed by atoms with Crippen LogP contribution >= 0.6 is 0 Å². The van der Waals surface area contributed by atoms with E-state index in [9.17, 15) is 0 Å². The fourth-order valence-corrected chi connectivity index (χ4v) is 7.93. The van der Waals surface area contributed by atoms with Gasteiger partial charge in [-0.05, 0) is 99.5 Å². The van der Waals surface area contributed by atoms with Crippen molar-refractivity contribution < 1.29 is 0 Å². The van der Waals surface area contributed by atoms with Crippen LogP contribution in [0.5, 0.6) is 0 Å². The summed E-state index contributed by atoms with van der Waals surface area (Å²) < 4.78 is 2.18. The zero-order valence-corrected chi connectivity index (χ0v) is 29.1. The summed E-state index contributed by atoms with van der Waals surface area (Å²) in [5.41, 5.74) is 19.0. The van der Waals surface area contributed by atoms with Crippen LogP contribution in [0.2, 0.25) is 0 Å². The van der Waals surface area contributed by atoms with Crippen LogP contribution in [0.25, 0.3) is 61.5 Å². The summed E-state index contributed by atoms with van der Waals surface area (Å²) in [6.07, 6.45) is 3.08. The summed E-state index contributed by atoms with van der Waals surface area (Å²) in [7, 11) is 0. The lowest BCUT2D eigenvalue weighted by atomic mass is 9.94. The van der Waals surface area contributed by atoms with E-state index in [0.717, 1.165) is 51.6 Å². The van der Waals surface area contributed by atoms with Crippen molar-refractivity contribution in [2.75, 3.05) is 4.90 Å². The van der Waals surface area contributed by atoms with Gasteiger partial charge in [-0.2, -0.15) is 0 Å². The maximum absolute atomic E-state index is 5.08. The molecule has 10 rings (SSSR count). The van der Waals surface area contributed by atoms with Crippen LogP contribution in [0.15, 0.2) is 200 Å². The zero-order valence-electron chi connectivity index (χ0n) is 29.1. The second kappa shape index (κ2) is 13.0. The molecule has 0 fully saturated rings. The Morgan fingerprint density at radius 3 is 1.68 bits per heavy atom. The molecule has 250 valence electrons. The van der Waals surface area contributed by atoms with E-state index in [1.165, 1.54) is 44.5 Å². The Hall–Kier alpha value is -6.97. The summed E-state index contributed by atoms with van der Waals surface area (Å²) in [6, 6.07) is 69.5. The van der Waals surface area contributed by atoms with Crippen molar-refractivity contribution in [3.8, 4) is 55.9 Å². The van der Waals surface area contributed by atoms with Crippen LogP contribution in [-0.2, 0) is 6.42 Å². The normalized spacial score (nSPS) is 11.7. The van der Waals surface area contributed by atoms with Gasteiger partial charge >= 0.3 is 0 Å². The Morgan fingerprint density at radius 2 is 0.943 bits per heavy atom. The number of imidazole rings is 1. The third kappa shape index (κ3) is 5.51. The van der Waals surface area contributed by atoms with E-state index in [4.69, 9.17) is 4.98 Å². The predicted octanol–water partition coefficient (Wildman–Crippen LogP) is 13.0. The smallest absolute Gasteiger partial charge is 0.137 e. The van der Waals surface area contributed by atoms with Crippen molar-refractivity contribution in [2.45, 2.75) is 6.42 Å². The molecular weight excluding hydrogens is 643 g/mol. The first-order valence-electron chi connectivity index (χ1n) is 18.2. The largest absolute Gasteiger partial charge is 0.311 e. The molecule has 0 unspecified atom stereocenters. The molecule has 1 aliphatic carbocycles. The minimum Gasteiger partial charge on any atom is -0.311 e. The SMILES string of the molecule is c1ccc(-c2c(-c3ccc(N(c4ccccc4)c4ccc(-c5ccc(-c6cccc7c6Cc6ccccc6-7)cc5)cc4)cc3)nc3ccccn23)cc1. The fraction of sp³-hybridized carbons (Fsp3) is 0.0200. The fourth-order valence-electron chi connectivity index (χ4n) is 7.93. The van der Waals surface area contributed by atoms with E-state index in [-0.39, 0.29) is 0 Å². The molecule has 3 nitrogen and oxygen atoms in total. The van der Waals surface area contributed by atoms with Gasteiger partial charge in [0.25, 0.3) is 0 Å². The molecule has 0 bridgehead atoms. The molecule has 0 saturated heterocycles. The average Bonchev–Trinajstić information content (AvgIpc) is 3.82. The molecule has 0 amide bonds. The van der Waals surface area contributed by atoms with Gasteiger partial charge in [-0.3, -0.25) is 4.40 Å². The van der Waals surface area contributed by atoms with E-state index in [1.54, 1.807) is 0 Å². The van der Waals surface area contributed by atoms with E-state index in [2.05, 4.69) is 204 Å². The predicted molar refractivity (Wildman–Crippen MR) is 220 cm³/mol. The molecule has 53 heavy (non-hydrogen) atoms. The lowest BCUT2D eigenvalue weighted by Gasteiger charge is -2.26. The average molecular weight is 678 g/mol. The maximum atomic E-state index is 5.08. The highest BCUT2D eigenvalue weighted by molar-refractivity contribution is 5.87. The molecule has 0 saturated carbocycles. The van der Waals surface area contributed by atoms with Gasteiger partial charge in [0.2, 0.25) is 0 Å². The maximum Gasteiger partial charge on any atom is 0.137 e. The van der Waals surface area contributed by atoms with Gasteiger partial charge in [0.15, 0.2) is 0 Å². The van der Waals surface area contributed by atoms with E-state index in [1.807, 2.05) is 6.07 Å². The second-order valence-corrected chi connectivity index (χ2v) is 13.6. The summed E-state index contributed by atoms with van der Waals surface area (Å²) in [6.45, 7) is 0. The highest BCUT2D eigenvalue weighted by Crippen LogP contribution is 2.42. The van der Waals surface area contributed by atoms with Gasteiger partial charge in [-0.25, -0.2) is 4.98 Å². The number of para-hydroxylation sites is 1. The van der Waals surface area contributed by atoms with Crippen molar-refractivity contribution in [3.63, 3.8) is 0 Å². The van der Waals surface area contributed by atoms with Crippen molar-refractivity contribution in [2.24, 2.45) is 0 Å². The number of fused-ring (bicyclic) bond motifs is 4. The third-order valence-corrected chi connectivity index (χ3v) is 10.5. The Balaban J connectivity index is 0.959. The first-order valence-corrected chi connectivity index (χ1v) is 18.2. The van der Waals surface area contributed by atoms with Gasteiger partial charge in [0, 0.05) is 34.4 Å². The number of hydrogen-bond donors (Lipinski definition) is 0. The number of pyridine rings is 1. The number of benzene rings is 7. The quantitative estimate of drug-likeness (QED) is 0.167. The zero-order chi connectivity index (χ0) is 35.1. The van der Waals surface area contributed by atoms with Crippen LogP contribution in [0.4, 0.5) is 17.1 Å². The summed E-state index contributed by atoms with van der Waals surface area (Å²) >= 11 is 0. The highest BCUT2D eigenvalue weighted by Gasteiger charge is 2.21. The Kier molecular flexibility index (Phi) is 7.54. The lowest BCUT2D eigenvalue weighted by molar-refractivity contribution is 1.19. The summed E-state index contributed by atoms with van der Waals surface area (Å²) in [5, 5.41) is 0. The monoisotopic (exact) mass is 677 g/mol. The van der Waals surface area contributed by atoms with Crippen molar-refractivity contribution in [1.29, 1.82) is 0 Å². The lowest BCUT2D eigenvalue weighted by Crippen LogP contribution is -2.09. The molecule has 0 atom stereocenters. The minimum absolute atomic E-state index is 0.931. The van der Waals surface area contributed by atoms with Gasteiger partial charge in [-0.15, -0.1) is 0 Å². The van der Waals surface area contributed by atoms with E-state index < -0.39 is 0 Å². The number of nitrogens with zero attached hydrogens (tertiary/aromatic N) is 3. The standard InChI is InChI=1S/C50H35N3/c1-3-12-39(13-4-1)50-49(51-48-20-9-10-33-52(48)50)38-27-31-43(32-28-38)53(41-15-5-2-6-16-41)42-29-25-36(26-30-42)35-21-23-37(24-22-35)44-18-11-19-46-45-17-8-7-14-40(45)34-47(44)46/h1-33H,34H2. The molecule has 0 spiro atoms. The molecule has 2 aromatic heterocycles. The van der Waals surface area contributed by atoms with E-state index in [0.29, 0.717) is 0 Å². The molecule has 0 radical (unpaired) electrons. The van der Waals surface area contributed by atoms with Gasteiger partial charge in [0.05, 0.1) is 11.4 Å². The molecular formula is C50H35N3. The molecule has 1 aliphatic rings. The molecule has 0 N–H and O–H groups in total. The van der Waals surface area contributed by atoms with Gasteiger partial charge < -0.3 is 4.90 Å². The molecule has 2 heterocycles. The topological polar surface area (TPSA) is 20.5 Å². The second-order valence-electron chi connectivity index (χ2n) is 13.6. The molecule has 9 aromatic rings. The first-order chi connectivity index (χ1) is 26.3. The van der Waals surface area contributed by atoms with Gasteiger partial charge in [0.1, 0.15) is 5.65 Å². The highest BCUT2D eigenvalue weighted by atomic mass is 15.1. The molecule has 7 aromatic carbocycles. The van der Waals surface area contributed by atoms with Crippen LogP contribution < -0.4 is 4.90 Å². The Bertz CT molecular complexity index is 2710.